The molecule has 0 bridgehead atoms. The quantitative estimate of drug-likeness (QED) is 0.795. The molecular formula is C15H18N6O2. The number of hydrogen-bond donors (Lipinski definition) is 0. The van der Waals surface area contributed by atoms with Gasteiger partial charge in [0.25, 0.3) is 5.91 Å². The Balaban J connectivity index is 1.27. The fraction of sp³-hybridized carbons (Fsp3) is 0.467. The molecule has 2 aromatic rings. The lowest BCUT2D eigenvalue weighted by Crippen LogP contribution is -2.64. The van der Waals surface area contributed by atoms with Crippen LogP contribution in [0.15, 0.2) is 35.2 Å². The monoisotopic (exact) mass is 314 g/mol. The lowest BCUT2D eigenvalue weighted by atomic mass is 10.1. The molecule has 0 atom stereocenters. The number of hydrogen-bond acceptors (Lipinski definition) is 7. The number of rotatable bonds is 3. The summed E-state index contributed by atoms with van der Waals surface area (Å²) in [6.45, 7) is 5.26. The summed E-state index contributed by atoms with van der Waals surface area (Å²) in [6, 6.07) is 3.86. The summed E-state index contributed by atoms with van der Waals surface area (Å²) in [5.41, 5.74) is 0. The van der Waals surface area contributed by atoms with E-state index in [0.717, 1.165) is 45.2 Å². The summed E-state index contributed by atoms with van der Waals surface area (Å²) >= 11 is 0. The number of piperazine rings is 1. The Morgan fingerprint density at radius 2 is 1.83 bits per heavy atom. The standard InChI is InChI=1S/C15H18N6O2/c22-14(13-2-5-18-23-13)21-10-12(11-21)19-6-8-20(9-7-19)15-16-3-1-4-17-15/h1-5,12H,6-11H2. The fourth-order valence-electron chi connectivity index (χ4n) is 3.08. The van der Waals surface area contributed by atoms with E-state index in [-0.39, 0.29) is 5.91 Å². The van der Waals surface area contributed by atoms with E-state index in [4.69, 9.17) is 4.52 Å². The Morgan fingerprint density at radius 3 is 2.48 bits per heavy atom. The van der Waals surface area contributed by atoms with Gasteiger partial charge >= 0.3 is 0 Å². The zero-order valence-electron chi connectivity index (χ0n) is 12.7. The first-order valence-corrected chi connectivity index (χ1v) is 7.77. The highest BCUT2D eigenvalue weighted by molar-refractivity contribution is 5.91. The van der Waals surface area contributed by atoms with Gasteiger partial charge in [0.15, 0.2) is 0 Å². The molecule has 0 N–H and O–H groups in total. The van der Waals surface area contributed by atoms with Crippen molar-refractivity contribution in [3.8, 4) is 0 Å². The number of anilines is 1. The average molecular weight is 314 g/mol. The molecule has 4 rings (SSSR count). The summed E-state index contributed by atoms with van der Waals surface area (Å²) in [4.78, 5) is 27.1. The van der Waals surface area contributed by atoms with Gasteiger partial charge in [-0.25, -0.2) is 9.97 Å². The lowest BCUT2D eigenvalue weighted by Gasteiger charge is -2.47. The molecule has 2 saturated heterocycles. The van der Waals surface area contributed by atoms with Gasteiger partial charge in [-0.3, -0.25) is 9.69 Å². The van der Waals surface area contributed by atoms with Crippen LogP contribution in [0.2, 0.25) is 0 Å². The van der Waals surface area contributed by atoms with Crippen LogP contribution >= 0.6 is 0 Å². The van der Waals surface area contributed by atoms with Gasteiger partial charge in [0.05, 0.1) is 6.20 Å². The zero-order valence-corrected chi connectivity index (χ0v) is 12.7. The number of likely N-dealkylation sites (tertiary alicyclic amines) is 1. The van der Waals surface area contributed by atoms with E-state index in [9.17, 15) is 4.79 Å². The third kappa shape index (κ3) is 2.77. The number of carbonyl (C=O) groups is 1. The second-order valence-corrected chi connectivity index (χ2v) is 5.81. The van der Waals surface area contributed by atoms with Gasteiger partial charge in [0, 0.05) is 63.8 Å². The molecule has 2 aliphatic heterocycles. The molecule has 4 heterocycles. The Bertz CT molecular complexity index is 648. The molecule has 2 fully saturated rings. The van der Waals surface area contributed by atoms with Crippen LogP contribution in [0.3, 0.4) is 0 Å². The molecule has 120 valence electrons. The van der Waals surface area contributed by atoms with Crippen LogP contribution in [0.4, 0.5) is 5.95 Å². The molecule has 0 aliphatic carbocycles. The molecule has 1 amide bonds. The Kier molecular flexibility index (Phi) is 3.66. The smallest absolute Gasteiger partial charge is 0.292 e. The van der Waals surface area contributed by atoms with Crippen LogP contribution in [-0.4, -0.2) is 76.1 Å². The average Bonchev–Trinajstić information content (AvgIpc) is 3.09. The Labute approximate surface area is 133 Å². The van der Waals surface area contributed by atoms with Crippen molar-refractivity contribution in [2.24, 2.45) is 0 Å². The van der Waals surface area contributed by atoms with Crippen LogP contribution in [0.25, 0.3) is 0 Å². The van der Waals surface area contributed by atoms with Gasteiger partial charge in [0.1, 0.15) is 0 Å². The first-order valence-electron chi connectivity index (χ1n) is 7.77. The number of carbonyl (C=O) groups excluding carboxylic acids is 1. The molecule has 8 nitrogen and oxygen atoms in total. The second-order valence-electron chi connectivity index (χ2n) is 5.81. The van der Waals surface area contributed by atoms with Crippen molar-refractivity contribution in [2.45, 2.75) is 6.04 Å². The number of nitrogens with zero attached hydrogens (tertiary/aromatic N) is 6. The SMILES string of the molecule is O=C(c1ccno1)N1CC(N2CCN(c3ncccn3)CC2)C1. The van der Waals surface area contributed by atoms with Crippen LogP contribution in [0.1, 0.15) is 10.6 Å². The van der Waals surface area contributed by atoms with Crippen molar-refractivity contribution >= 4 is 11.9 Å². The van der Waals surface area contributed by atoms with Gasteiger partial charge in [-0.1, -0.05) is 5.16 Å². The molecule has 2 aliphatic rings. The highest BCUT2D eigenvalue weighted by atomic mass is 16.5. The summed E-state index contributed by atoms with van der Waals surface area (Å²) in [7, 11) is 0. The summed E-state index contributed by atoms with van der Waals surface area (Å²) in [6.07, 6.45) is 5.04. The topological polar surface area (TPSA) is 78.6 Å². The first kappa shape index (κ1) is 14.1. The number of aromatic nitrogens is 3. The van der Waals surface area contributed by atoms with E-state index in [0.29, 0.717) is 11.8 Å². The highest BCUT2D eigenvalue weighted by Crippen LogP contribution is 2.20. The van der Waals surface area contributed by atoms with Crippen molar-refractivity contribution in [1.82, 2.24) is 24.9 Å². The fourth-order valence-corrected chi connectivity index (χ4v) is 3.08. The van der Waals surface area contributed by atoms with E-state index < -0.39 is 0 Å². The molecule has 0 unspecified atom stereocenters. The van der Waals surface area contributed by atoms with Crippen molar-refractivity contribution in [2.75, 3.05) is 44.2 Å². The van der Waals surface area contributed by atoms with Crippen LogP contribution < -0.4 is 4.90 Å². The molecule has 23 heavy (non-hydrogen) atoms. The highest BCUT2D eigenvalue weighted by Gasteiger charge is 2.37. The van der Waals surface area contributed by atoms with Crippen molar-refractivity contribution in [3.05, 3.63) is 36.5 Å². The third-order valence-electron chi connectivity index (χ3n) is 4.46. The maximum atomic E-state index is 12.1. The van der Waals surface area contributed by atoms with Gasteiger partial charge in [-0.05, 0) is 6.07 Å². The predicted octanol–water partition coefficient (Wildman–Crippen LogP) is 0.111. The summed E-state index contributed by atoms with van der Waals surface area (Å²) < 4.78 is 4.92. The minimum atomic E-state index is -0.0740. The molecule has 2 aromatic heterocycles. The molecule has 0 saturated carbocycles. The predicted molar refractivity (Wildman–Crippen MR) is 82.0 cm³/mol. The minimum absolute atomic E-state index is 0.0740. The van der Waals surface area contributed by atoms with Crippen LogP contribution in [0, 0.1) is 0 Å². The third-order valence-corrected chi connectivity index (χ3v) is 4.46. The molecule has 8 heteroatoms. The lowest BCUT2D eigenvalue weighted by molar-refractivity contribution is 0.0216. The second kappa shape index (κ2) is 5.96. The van der Waals surface area contributed by atoms with Crippen molar-refractivity contribution in [1.29, 1.82) is 0 Å². The maximum Gasteiger partial charge on any atom is 0.292 e. The van der Waals surface area contributed by atoms with Crippen LogP contribution in [-0.2, 0) is 0 Å². The molecule has 0 aromatic carbocycles. The molecular weight excluding hydrogens is 296 g/mol. The first-order chi connectivity index (χ1) is 11.3. The normalized spacial score (nSPS) is 19.7. The van der Waals surface area contributed by atoms with Gasteiger partial charge < -0.3 is 14.3 Å². The van der Waals surface area contributed by atoms with E-state index in [1.807, 2.05) is 6.07 Å². The Hall–Kier alpha value is -2.48. The molecule has 0 radical (unpaired) electrons. The Morgan fingerprint density at radius 1 is 1.09 bits per heavy atom. The zero-order chi connectivity index (χ0) is 15.6. The van der Waals surface area contributed by atoms with Crippen LogP contribution in [0.5, 0.6) is 0 Å². The van der Waals surface area contributed by atoms with Crippen molar-refractivity contribution in [3.63, 3.8) is 0 Å². The van der Waals surface area contributed by atoms with E-state index in [1.54, 1.807) is 23.4 Å². The van der Waals surface area contributed by atoms with Crippen molar-refractivity contribution < 1.29 is 9.32 Å². The number of amides is 1. The minimum Gasteiger partial charge on any atom is -0.351 e. The van der Waals surface area contributed by atoms with Gasteiger partial charge in [-0.15, -0.1) is 0 Å². The summed E-state index contributed by atoms with van der Waals surface area (Å²) in [5, 5.41) is 3.58. The van der Waals surface area contributed by atoms with Gasteiger partial charge in [-0.2, -0.15) is 0 Å². The molecule has 0 spiro atoms. The summed E-state index contributed by atoms with van der Waals surface area (Å²) in [5.74, 6) is 1.03. The van der Waals surface area contributed by atoms with E-state index in [2.05, 4.69) is 24.9 Å². The maximum absolute atomic E-state index is 12.1. The van der Waals surface area contributed by atoms with E-state index >= 15 is 0 Å². The van der Waals surface area contributed by atoms with Gasteiger partial charge in [0.2, 0.25) is 11.7 Å². The van der Waals surface area contributed by atoms with E-state index in [1.165, 1.54) is 6.20 Å². The largest absolute Gasteiger partial charge is 0.351 e.